The predicted octanol–water partition coefficient (Wildman–Crippen LogP) is 3.09. The van der Waals surface area contributed by atoms with Crippen molar-refractivity contribution in [2.45, 2.75) is 31.1 Å². The fourth-order valence-electron chi connectivity index (χ4n) is 2.53. The van der Waals surface area contributed by atoms with Crippen LogP contribution in [0.15, 0.2) is 24.3 Å². The van der Waals surface area contributed by atoms with Crippen LogP contribution >= 0.6 is 0 Å². The van der Waals surface area contributed by atoms with Crippen molar-refractivity contribution < 1.29 is 0 Å². The van der Waals surface area contributed by atoms with Crippen LogP contribution in [0.1, 0.15) is 31.2 Å². The highest BCUT2D eigenvalue weighted by Gasteiger charge is 2.35. The van der Waals surface area contributed by atoms with E-state index in [2.05, 4.69) is 35.2 Å². The van der Waals surface area contributed by atoms with E-state index in [-0.39, 0.29) is 5.41 Å². The van der Waals surface area contributed by atoms with Gasteiger partial charge in [0.15, 0.2) is 0 Å². The molecule has 1 aromatic rings. The molecule has 84 valence electrons. The van der Waals surface area contributed by atoms with Crippen molar-refractivity contribution in [3.8, 4) is 6.07 Å². The van der Waals surface area contributed by atoms with Gasteiger partial charge in [0.1, 0.15) is 0 Å². The average molecular weight is 214 g/mol. The quantitative estimate of drug-likeness (QED) is 0.756. The summed E-state index contributed by atoms with van der Waals surface area (Å²) in [6.45, 7) is 0. The molecule has 16 heavy (non-hydrogen) atoms. The Labute approximate surface area is 97.5 Å². The molecule has 0 aliphatic heterocycles. The van der Waals surface area contributed by atoms with Gasteiger partial charge in [-0.15, -0.1) is 0 Å². The van der Waals surface area contributed by atoms with Gasteiger partial charge in [-0.05, 0) is 30.5 Å². The third-order valence-corrected chi connectivity index (χ3v) is 3.59. The molecule has 0 atom stereocenters. The number of anilines is 1. The molecule has 1 fully saturated rings. The van der Waals surface area contributed by atoms with Crippen molar-refractivity contribution in [2.24, 2.45) is 0 Å². The Morgan fingerprint density at radius 3 is 2.50 bits per heavy atom. The van der Waals surface area contributed by atoms with Crippen molar-refractivity contribution >= 4 is 5.69 Å². The van der Waals surface area contributed by atoms with Gasteiger partial charge in [0.05, 0.1) is 11.5 Å². The van der Waals surface area contributed by atoms with E-state index in [1.165, 1.54) is 24.1 Å². The minimum Gasteiger partial charge on any atom is -0.378 e. The zero-order valence-corrected chi connectivity index (χ0v) is 10.0. The molecule has 1 aromatic carbocycles. The van der Waals surface area contributed by atoms with Gasteiger partial charge in [-0.3, -0.25) is 0 Å². The number of nitrogens with zero attached hydrogens (tertiary/aromatic N) is 2. The molecule has 0 heterocycles. The van der Waals surface area contributed by atoms with E-state index in [4.69, 9.17) is 0 Å². The second-order valence-corrected chi connectivity index (χ2v) is 4.85. The molecule has 2 nitrogen and oxygen atoms in total. The summed E-state index contributed by atoms with van der Waals surface area (Å²) in [5.41, 5.74) is 2.16. The molecule has 0 saturated heterocycles. The van der Waals surface area contributed by atoms with Gasteiger partial charge in [-0.1, -0.05) is 25.0 Å². The van der Waals surface area contributed by atoms with Crippen molar-refractivity contribution in [2.75, 3.05) is 19.0 Å². The van der Waals surface area contributed by atoms with Crippen LogP contribution < -0.4 is 4.90 Å². The summed E-state index contributed by atoms with van der Waals surface area (Å²) in [6, 6.07) is 10.9. The van der Waals surface area contributed by atoms with Gasteiger partial charge >= 0.3 is 0 Å². The molecule has 0 bridgehead atoms. The molecule has 0 N–H and O–H groups in total. The van der Waals surface area contributed by atoms with Crippen LogP contribution in [-0.4, -0.2) is 14.1 Å². The van der Waals surface area contributed by atoms with E-state index in [0.29, 0.717) is 0 Å². The first-order valence-electron chi connectivity index (χ1n) is 5.87. The van der Waals surface area contributed by atoms with Gasteiger partial charge < -0.3 is 4.90 Å². The summed E-state index contributed by atoms with van der Waals surface area (Å²) in [7, 11) is 4.07. The van der Waals surface area contributed by atoms with E-state index in [1.54, 1.807) is 0 Å². The summed E-state index contributed by atoms with van der Waals surface area (Å²) in [6.07, 6.45) is 4.39. The largest absolute Gasteiger partial charge is 0.378 e. The Hall–Kier alpha value is -1.49. The van der Waals surface area contributed by atoms with Gasteiger partial charge in [-0.25, -0.2) is 0 Å². The second kappa shape index (κ2) is 4.17. The second-order valence-electron chi connectivity index (χ2n) is 4.85. The molecule has 1 aliphatic carbocycles. The summed E-state index contributed by atoms with van der Waals surface area (Å²) < 4.78 is 0. The van der Waals surface area contributed by atoms with E-state index < -0.39 is 0 Å². The first kappa shape index (κ1) is 11.0. The zero-order valence-electron chi connectivity index (χ0n) is 10.0. The lowest BCUT2D eigenvalue weighted by Gasteiger charge is -2.23. The zero-order chi connectivity index (χ0) is 11.6. The summed E-state index contributed by atoms with van der Waals surface area (Å²) in [5.74, 6) is 0. The number of benzene rings is 1. The normalized spacial score (nSPS) is 18.1. The minimum absolute atomic E-state index is 0.216. The first-order chi connectivity index (χ1) is 7.68. The van der Waals surface area contributed by atoms with Gasteiger partial charge in [-0.2, -0.15) is 5.26 Å². The first-order valence-corrected chi connectivity index (χ1v) is 5.87. The number of nitriles is 1. The van der Waals surface area contributed by atoms with Crippen molar-refractivity contribution in [1.82, 2.24) is 0 Å². The lowest BCUT2D eigenvalue weighted by atomic mass is 9.80. The van der Waals surface area contributed by atoms with E-state index in [0.717, 1.165) is 12.8 Å². The third-order valence-electron chi connectivity index (χ3n) is 3.59. The number of hydrogen-bond acceptors (Lipinski definition) is 2. The standard InChI is InChI=1S/C14H18N2/c1-16(2)13-7-5-6-12(10-13)14(11-15)8-3-4-9-14/h5-7,10H,3-4,8-9H2,1-2H3. The Morgan fingerprint density at radius 1 is 1.25 bits per heavy atom. The van der Waals surface area contributed by atoms with E-state index >= 15 is 0 Å². The van der Waals surface area contributed by atoms with Crippen LogP contribution in [0.4, 0.5) is 5.69 Å². The Morgan fingerprint density at radius 2 is 1.94 bits per heavy atom. The minimum atomic E-state index is -0.216. The van der Waals surface area contributed by atoms with Crippen LogP contribution in [0.25, 0.3) is 0 Å². The van der Waals surface area contributed by atoms with Gasteiger partial charge in [0, 0.05) is 19.8 Å². The Kier molecular flexibility index (Phi) is 2.87. The molecule has 2 heteroatoms. The summed E-state index contributed by atoms with van der Waals surface area (Å²) in [4.78, 5) is 2.09. The Bertz CT molecular complexity index is 409. The molecular formula is C14H18N2. The molecular weight excluding hydrogens is 196 g/mol. The average Bonchev–Trinajstić information content (AvgIpc) is 2.79. The van der Waals surface area contributed by atoms with Gasteiger partial charge in [0.25, 0.3) is 0 Å². The Balaban J connectivity index is 2.40. The van der Waals surface area contributed by atoms with Crippen molar-refractivity contribution in [3.63, 3.8) is 0 Å². The highest BCUT2D eigenvalue weighted by atomic mass is 15.1. The molecule has 1 saturated carbocycles. The van der Waals surface area contributed by atoms with Crippen molar-refractivity contribution in [1.29, 1.82) is 5.26 Å². The van der Waals surface area contributed by atoms with Crippen LogP contribution in [0.3, 0.4) is 0 Å². The predicted molar refractivity (Wildman–Crippen MR) is 66.5 cm³/mol. The number of hydrogen-bond donors (Lipinski definition) is 0. The van der Waals surface area contributed by atoms with E-state index in [1.807, 2.05) is 14.1 Å². The highest BCUT2D eigenvalue weighted by molar-refractivity contribution is 5.50. The fourth-order valence-corrected chi connectivity index (χ4v) is 2.53. The maximum Gasteiger partial charge on any atom is 0.0823 e. The highest BCUT2D eigenvalue weighted by Crippen LogP contribution is 2.41. The molecule has 0 unspecified atom stereocenters. The maximum atomic E-state index is 9.44. The monoisotopic (exact) mass is 214 g/mol. The molecule has 1 aliphatic rings. The molecule has 0 spiro atoms. The third kappa shape index (κ3) is 1.78. The topological polar surface area (TPSA) is 27.0 Å². The molecule has 0 aromatic heterocycles. The molecule has 0 amide bonds. The number of rotatable bonds is 2. The smallest absolute Gasteiger partial charge is 0.0823 e. The maximum absolute atomic E-state index is 9.44. The lowest BCUT2D eigenvalue weighted by Crippen LogP contribution is -2.20. The van der Waals surface area contributed by atoms with Crippen LogP contribution in [-0.2, 0) is 5.41 Å². The molecule has 0 radical (unpaired) electrons. The SMILES string of the molecule is CN(C)c1cccc(C2(C#N)CCCC2)c1. The van der Waals surface area contributed by atoms with Gasteiger partial charge in [0.2, 0.25) is 0 Å². The van der Waals surface area contributed by atoms with E-state index in [9.17, 15) is 5.26 Å². The van der Waals surface area contributed by atoms with Crippen LogP contribution in [0.2, 0.25) is 0 Å². The summed E-state index contributed by atoms with van der Waals surface area (Å²) >= 11 is 0. The van der Waals surface area contributed by atoms with Crippen LogP contribution in [0, 0.1) is 11.3 Å². The fraction of sp³-hybridized carbons (Fsp3) is 0.500. The van der Waals surface area contributed by atoms with Crippen LogP contribution in [0.5, 0.6) is 0 Å². The molecule has 2 rings (SSSR count). The lowest BCUT2D eigenvalue weighted by molar-refractivity contribution is 0.573. The summed E-state index contributed by atoms with van der Waals surface area (Å²) in [5, 5.41) is 9.44. The van der Waals surface area contributed by atoms with Crippen molar-refractivity contribution in [3.05, 3.63) is 29.8 Å².